The molecule has 0 saturated heterocycles. The van der Waals surface area contributed by atoms with Gasteiger partial charge in [-0.3, -0.25) is 0 Å². The third-order valence-corrected chi connectivity index (χ3v) is 4.81. The number of quaternary nitrogens is 1. The van der Waals surface area contributed by atoms with Crippen LogP contribution in [-0.2, 0) is 0 Å². The molecule has 82 valence electrons. The van der Waals surface area contributed by atoms with E-state index in [1.165, 1.54) is 25.3 Å². The molecule has 2 N–H and O–H groups in total. The monoisotopic (exact) mass is 214 g/mol. The van der Waals surface area contributed by atoms with Gasteiger partial charge >= 0.3 is 0 Å². The van der Waals surface area contributed by atoms with Crippen molar-refractivity contribution in [1.82, 2.24) is 0 Å². The number of hydrogen-bond donors (Lipinski definition) is 1. The molecule has 2 heteroatoms. The fraction of sp³-hybridized carbons (Fsp3) is 1.00. The van der Waals surface area contributed by atoms with Crippen LogP contribution in [0.4, 0.5) is 0 Å². The molecule has 0 aromatic rings. The van der Waals surface area contributed by atoms with E-state index < -0.39 is 0 Å². The Morgan fingerprint density at radius 3 is 2.86 bits per heavy atom. The summed E-state index contributed by atoms with van der Waals surface area (Å²) in [6.07, 6.45) is 9.83. The molecule has 0 aliphatic heterocycles. The first-order valence-corrected chi connectivity index (χ1v) is 7.60. The van der Waals surface area contributed by atoms with Crippen molar-refractivity contribution in [3.05, 3.63) is 0 Å². The lowest BCUT2D eigenvalue weighted by Gasteiger charge is -2.19. The summed E-state index contributed by atoms with van der Waals surface area (Å²) in [7, 11) is 0. The zero-order chi connectivity index (χ0) is 9.80. The summed E-state index contributed by atoms with van der Waals surface area (Å²) in [5, 5.41) is 2.57. The minimum absolute atomic E-state index is 1.09. The van der Waals surface area contributed by atoms with E-state index in [4.69, 9.17) is 0 Å². The first kappa shape index (κ1) is 10.8. The molecule has 2 saturated carbocycles. The summed E-state index contributed by atoms with van der Waals surface area (Å²) >= 11 is 1.98. The molecule has 2 aliphatic carbocycles. The van der Waals surface area contributed by atoms with Crippen molar-refractivity contribution >= 4 is 11.8 Å². The average Bonchev–Trinajstić information content (AvgIpc) is 2.79. The number of fused-ring (bicyclic) bond motifs is 2. The predicted molar refractivity (Wildman–Crippen MR) is 63.6 cm³/mol. The van der Waals surface area contributed by atoms with Crippen molar-refractivity contribution in [3.8, 4) is 0 Å². The summed E-state index contributed by atoms with van der Waals surface area (Å²) in [5.41, 5.74) is 0. The highest BCUT2D eigenvalue weighted by Crippen LogP contribution is 2.47. The van der Waals surface area contributed by atoms with E-state index >= 15 is 0 Å². The number of nitrogens with two attached hydrogens (primary N) is 1. The second-order valence-electron chi connectivity index (χ2n) is 5.09. The third-order valence-electron chi connectivity index (χ3n) is 4.11. The van der Waals surface area contributed by atoms with Gasteiger partial charge in [-0.2, -0.15) is 11.8 Å². The van der Waals surface area contributed by atoms with E-state index in [0.29, 0.717) is 0 Å². The topological polar surface area (TPSA) is 16.6 Å². The molecule has 1 nitrogen and oxygen atoms in total. The molecule has 3 unspecified atom stereocenters. The van der Waals surface area contributed by atoms with Gasteiger partial charge in [-0.05, 0) is 43.1 Å². The van der Waals surface area contributed by atoms with Gasteiger partial charge in [0.2, 0.25) is 0 Å². The molecule has 0 aromatic carbocycles. The van der Waals surface area contributed by atoms with Crippen molar-refractivity contribution in [3.63, 3.8) is 0 Å². The molecule has 2 fully saturated rings. The highest BCUT2D eigenvalue weighted by atomic mass is 32.2. The Morgan fingerprint density at radius 1 is 1.29 bits per heavy atom. The van der Waals surface area contributed by atoms with Crippen LogP contribution in [-0.4, -0.2) is 25.1 Å². The van der Waals surface area contributed by atoms with Crippen molar-refractivity contribution in [2.45, 2.75) is 32.1 Å². The summed E-state index contributed by atoms with van der Waals surface area (Å²) in [4.78, 5) is 0. The average molecular weight is 214 g/mol. The maximum atomic E-state index is 2.57. The molecule has 0 amide bonds. The van der Waals surface area contributed by atoms with Crippen LogP contribution in [0.5, 0.6) is 0 Å². The summed E-state index contributed by atoms with van der Waals surface area (Å²) in [5.74, 6) is 4.68. The minimum Gasteiger partial charge on any atom is -0.346 e. The van der Waals surface area contributed by atoms with Gasteiger partial charge in [0.25, 0.3) is 0 Å². The summed E-state index contributed by atoms with van der Waals surface area (Å²) in [6.45, 7) is 2.78. The maximum absolute atomic E-state index is 2.57. The van der Waals surface area contributed by atoms with Crippen LogP contribution in [0.2, 0.25) is 0 Å². The van der Waals surface area contributed by atoms with Gasteiger partial charge in [0.1, 0.15) is 0 Å². The normalized spacial score (nSPS) is 35.4. The molecule has 2 bridgehead atoms. The van der Waals surface area contributed by atoms with Crippen LogP contribution in [0.25, 0.3) is 0 Å². The Hall–Kier alpha value is 0.310. The van der Waals surface area contributed by atoms with Crippen LogP contribution in [0.3, 0.4) is 0 Å². The zero-order valence-electron chi connectivity index (χ0n) is 9.37. The van der Waals surface area contributed by atoms with E-state index in [1.54, 1.807) is 25.7 Å². The first-order chi connectivity index (χ1) is 6.90. The molecule has 0 aromatic heterocycles. The predicted octanol–water partition coefficient (Wildman–Crippen LogP) is 1.74. The lowest BCUT2D eigenvalue weighted by atomic mass is 9.89. The number of hydrogen-bond acceptors (Lipinski definition) is 1. The first-order valence-electron chi connectivity index (χ1n) is 6.20. The third kappa shape index (κ3) is 2.66. The van der Waals surface area contributed by atoms with E-state index in [1.807, 2.05) is 11.8 Å². The highest BCUT2D eigenvalue weighted by Gasteiger charge is 2.39. The van der Waals surface area contributed by atoms with Crippen LogP contribution in [0.1, 0.15) is 32.1 Å². The molecular formula is C12H24NS+. The standard InChI is InChI=1S/C12H23NS/c1-14-6-2-5-13-9-12-8-10-3-4-11(12)7-10/h10-13H,2-9H2,1H3/p+1. The Bertz CT molecular complexity index is 172. The largest absolute Gasteiger partial charge is 0.346 e. The molecule has 0 radical (unpaired) electrons. The van der Waals surface area contributed by atoms with E-state index in [-0.39, 0.29) is 0 Å². The quantitative estimate of drug-likeness (QED) is 0.666. The van der Waals surface area contributed by atoms with Crippen LogP contribution < -0.4 is 5.32 Å². The Kier molecular flexibility index (Phi) is 4.18. The Labute approximate surface area is 92.4 Å². The van der Waals surface area contributed by atoms with Gasteiger partial charge in [0.05, 0.1) is 13.1 Å². The number of thioether (sulfide) groups is 1. The molecule has 3 atom stereocenters. The fourth-order valence-electron chi connectivity index (χ4n) is 3.37. The van der Waals surface area contributed by atoms with Gasteiger partial charge in [-0.1, -0.05) is 6.42 Å². The lowest BCUT2D eigenvalue weighted by Crippen LogP contribution is -2.85. The van der Waals surface area contributed by atoms with E-state index in [2.05, 4.69) is 11.6 Å². The molecular weight excluding hydrogens is 190 g/mol. The minimum atomic E-state index is 1.09. The van der Waals surface area contributed by atoms with Gasteiger partial charge in [0, 0.05) is 12.3 Å². The SMILES string of the molecule is CSCCC[NH2+]CC1CC2CCC1C2. The van der Waals surface area contributed by atoms with Gasteiger partial charge in [0.15, 0.2) is 0 Å². The van der Waals surface area contributed by atoms with Crippen LogP contribution in [0.15, 0.2) is 0 Å². The second kappa shape index (κ2) is 5.41. The van der Waals surface area contributed by atoms with Crippen molar-refractivity contribution in [1.29, 1.82) is 0 Å². The Balaban J connectivity index is 1.54. The van der Waals surface area contributed by atoms with Crippen molar-refractivity contribution < 1.29 is 5.32 Å². The van der Waals surface area contributed by atoms with E-state index in [9.17, 15) is 0 Å². The van der Waals surface area contributed by atoms with Crippen LogP contribution in [0, 0.1) is 17.8 Å². The molecule has 2 rings (SSSR count). The summed E-state index contributed by atoms with van der Waals surface area (Å²) < 4.78 is 0. The van der Waals surface area contributed by atoms with Gasteiger partial charge < -0.3 is 5.32 Å². The fourth-order valence-corrected chi connectivity index (χ4v) is 3.82. The Morgan fingerprint density at radius 2 is 2.21 bits per heavy atom. The van der Waals surface area contributed by atoms with E-state index in [0.717, 1.165) is 17.8 Å². The summed E-state index contributed by atoms with van der Waals surface area (Å²) in [6, 6.07) is 0. The zero-order valence-corrected chi connectivity index (χ0v) is 10.2. The molecule has 0 spiro atoms. The molecule has 2 aliphatic rings. The van der Waals surface area contributed by atoms with Crippen molar-refractivity contribution in [2.24, 2.45) is 17.8 Å². The smallest absolute Gasteiger partial charge is 0.0786 e. The maximum Gasteiger partial charge on any atom is 0.0786 e. The molecule has 14 heavy (non-hydrogen) atoms. The number of rotatable bonds is 6. The second-order valence-corrected chi connectivity index (χ2v) is 6.08. The van der Waals surface area contributed by atoms with Crippen LogP contribution >= 0.6 is 11.8 Å². The molecule has 0 heterocycles. The highest BCUT2D eigenvalue weighted by molar-refractivity contribution is 7.98. The van der Waals surface area contributed by atoms with Crippen molar-refractivity contribution in [2.75, 3.05) is 25.1 Å². The lowest BCUT2D eigenvalue weighted by molar-refractivity contribution is -0.661. The van der Waals surface area contributed by atoms with Gasteiger partial charge in [-0.15, -0.1) is 0 Å². The van der Waals surface area contributed by atoms with Gasteiger partial charge in [-0.25, -0.2) is 0 Å².